The molecule has 1 N–H and O–H groups in total. The molecule has 0 bridgehead atoms. The van der Waals surface area contributed by atoms with Crippen LogP contribution < -0.4 is 4.74 Å². The lowest BCUT2D eigenvalue weighted by molar-refractivity contribution is -0.131. The molecule has 1 heterocycles. The first-order valence-corrected chi connectivity index (χ1v) is 6.91. The normalized spacial score (nSPS) is 15.8. The van der Waals surface area contributed by atoms with Crippen LogP contribution in [-0.4, -0.2) is 41.6 Å². The predicted molar refractivity (Wildman–Crippen MR) is 73.9 cm³/mol. The van der Waals surface area contributed by atoms with Gasteiger partial charge in [-0.3, -0.25) is 4.79 Å². The third-order valence-corrected chi connectivity index (χ3v) is 3.38. The summed E-state index contributed by atoms with van der Waals surface area (Å²) >= 11 is 0. The topological polar surface area (TPSA) is 66.8 Å². The van der Waals surface area contributed by atoms with E-state index in [4.69, 9.17) is 9.84 Å². The zero-order chi connectivity index (χ0) is 14.4. The van der Waals surface area contributed by atoms with Crippen LogP contribution in [0.4, 0.5) is 0 Å². The van der Waals surface area contributed by atoms with E-state index in [1.807, 2.05) is 4.90 Å². The molecular formula is C15H19NO4. The van der Waals surface area contributed by atoms with Gasteiger partial charge in [0.1, 0.15) is 12.4 Å². The Morgan fingerprint density at radius 3 is 2.95 bits per heavy atom. The lowest BCUT2D eigenvalue weighted by atomic mass is 10.2. The van der Waals surface area contributed by atoms with Crippen molar-refractivity contribution < 1.29 is 19.4 Å². The number of hydrogen-bond acceptors (Lipinski definition) is 3. The van der Waals surface area contributed by atoms with Gasteiger partial charge in [-0.2, -0.15) is 0 Å². The number of carbonyl (C=O) groups excluding carboxylic acids is 1. The van der Waals surface area contributed by atoms with Crippen molar-refractivity contribution in [2.45, 2.75) is 25.7 Å². The number of benzene rings is 1. The molecule has 1 aliphatic rings. The minimum absolute atomic E-state index is 0.186. The first-order chi connectivity index (χ1) is 9.66. The Hall–Kier alpha value is -2.04. The quantitative estimate of drug-likeness (QED) is 0.895. The molecule has 5 heteroatoms. The van der Waals surface area contributed by atoms with Crippen molar-refractivity contribution >= 4 is 11.9 Å². The average molecular weight is 277 g/mol. The molecule has 0 radical (unpaired) electrons. The first kappa shape index (κ1) is 14.4. The maximum Gasteiger partial charge on any atom is 0.335 e. The van der Waals surface area contributed by atoms with Gasteiger partial charge < -0.3 is 14.7 Å². The van der Waals surface area contributed by atoms with Gasteiger partial charge in [0.25, 0.3) is 0 Å². The van der Waals surface area contributed by atoms with E-state index in [0.717, 1.165) is 25.8 Å². The molecule has 0 saturated carbocycles. The fraction of sp³-hybridized carbons (Fsp3) is 0.467. The van der Waals surface area contributed by atoms with Gasteiger partial charge >= 0.3 is 5.97 Å². The largest absolute Gasteiger partial charge is 0.492 e. The lowest BCUT2D eigenvalue weighted by Gasteiger charge is -2.20. The fourth-order valence-electron chi connectivity index (χ4n) is 2.27. The van der Waals surface area contributed by atoms with Crippen LogP contribution in [0.25, 0.3) is 0 Å². The van der Waals surface area contributed by atoms with Gasteiger partial charge in [-0.1, -0.05) is 12.5 Å². The minimum Gasteiger partial charge on any atom is -0.492 e. The number of carboxylic acid groups (broad SMARTS) is 1. The molecule has 2 rings (SSSR count). The second-order valence-electron chi connectivity index (χ2n) is 4.87. The third-order valence-electron chi connectivity index (χ3n) is 3.38. The summed E-state index contributed by atoms with van der Waals surface area (Å²) in [5.74, 6) is -0.268. The highest BCUT2D eigenvalue weighted by atomic mass is 16.5. The average Bonchev–Trinajstić information content (AvgIpc) is 2.64. The van der Waals surface area contributed by atoms with Gasteiger partial charge in [0.05, 0.1) is 12.1 Å². The first-order valence-electron chi connectivity index (χ1n) is 6.91. The van der Waals surface area contributed by atoms with Crippen LogP contribution in [0.1, 0.15) is 36.0 Å². The van der Waals surface area contributed by atoms with Crippen LogP contribution in [0.2, 0.25) is 0 Å². The van der Waals surface area contributed by atoms with Crippen molar-refractivity contribution in [3.63, 3.8) is 0 Å². The fourth-order valence-corrected chi connectivity index (χ4v) is 2.27. The van der Waals surface area contributed by atoms with E-state index in [0.29, 0.717) is 25.3 Å². The molecule has 0 unspecified atom stereocenters. The zero-order valence-electron chi connectivity index (χ0n) is 11.4. The van der Waals surface area contributed by atoms with Gasteiger partial charge in [0.15, 0.2) is 0 Å². The molecule has 1 amide bonds. The van der Waals surface area contributed by atoms with Crippen LogP contribution >= 0.6 is 0 Å². The number of amides is 1. The predicted octanol–water partition coefficient (Wildman–Crippen LogP) is 2.17. The van der Waals surface area contributed by atoms with E-state index in [1.165, 1.54) is 12.1 Å². The van der Waals surface area contributed by atoms with Crippen molar-refractivity contribution in [2.75, 3.05) is 19.7 Å². The van der Waals surface area contributed by atoms with Crippen LogP contribution in [0.3, 0.4) is 0 Å². The summed E-state index contributed by atoms with van der Waals surface area (Å²) < 4.78 is 5.53. The van der Waals surface area contributed by atoms with Crippen molar-refractivity contribution in [3.05, 3.63) is 29.8 Å². The number of likely N-dealkylation sites (tertiary alicyclic amines) is 1. The Balaban J connectivity index is 1.84. The van der Waals surface area contributed by atoms with E-state index in [-0.39, 0.29) is 11.5 Å². The minimum atomic E-state index is -0.974. The zero-order valence-corrected chi connectivity index (χ0v) is 11.4. The molecule has 108 valence electrons. The Kier molecular flexibility index (Phi) is 4.98. The van der Waals surface area contributed by atoms with Gasteiger partial charge in [-0.05, 0) is 31.0 Å². The summed E-state index contributed by atoms with van der Waals surface area (Å²) in [6, 6.07) is 6.38. The van der Waals surface area contributed by atoms with E-state index in [2.05, 4.69) is 0 Å². The highest BCUT2D eigenvalue weighted by Crippen LogP contribution is 2.14. The summed E-state index contributed by atoms with van der Waals surface area (Å²) in [6.45, 7) is 1.72. The van der Waals surface area contributed by atoms with Gasteiger partial charge in [0, 0.05) is 13.0 Å². The smallest absolute Gasteiger partial charge is 0.335 e. The Labute approximate surface area is 118 Å². The summed E-state index contributed by atoms with van der Waals surface area (Å²) in [5, 5.41) is 8.90. The molecule has 0 aliphatic carbocycles. The summed E-state index contributed by atoms with van der Waals surface area (Å²) in [6.07, 6.45) is 3.73. The molecule has 1 saturated heterocycles. The molecule has 1 aromatic rings. The molecule has 1 aliphatic heterocycles. The summed E-state index contributed by atoms with van der Waals surface area (Å²) in [4.78, 5) is 24.5. The van der Waals surface area contributed by atoms with Gasteiger partial charge in [-0.25, -0.2) is 4.79 Å². The second-order valence-corrected chi connectivity index (χ2v) is 4.87. The molecule has 0 spiro atoms. The summed E-state index contributed by atoms with van der Waals surface area (Å²) in [5.41, 5.74) is 0.202. The van der Waals surface area contributed by atoms with Crippen molar-refractivity contribution in [1.82, 2.24) is 4.90 Å². The van der Waals surface area contributed by atoms with Crippen LogP contribution in [0.15, 0.2) is 24.3 Å². The maximum atomic E-state index is 11.8. The highest BCUT2D eigenvalue weighted by Gasteiger charge is 2.16. The number of hydrogen-bond donors (Lipinski definition) is 1. The second kappa shape index (κ2) is 6.93. The molecule has 1 aromatic carbocycles. The lowest BCUT2D eigenvalue weighted by Crippen LogP contribution is -2.34. The van der Waals surface area contributed by atoms with Crippen LogP contribution in [0.5, 0.6) is 5.75 Å². The number of aromatic carboxylic acids is 1. The molecule has 5 nitrogen and oxygen atoms in total. The standard InChI is InChI=1S/C15H19NO4/c17-14-7-2-1-3-8-16(14)9-10-20-13-6-4-5-12(11-13)15(18)19/h4-6,11H,1-3,7-10H2,(H,18,19). The molecule has 0 atom stereocenters. The van der Waals surface area contributed by atoms with E-state index in [9.17, 15) is 9.59 Å². The number of carbonyl (C=O) groups is 2. The van der Waals surface area contributed by atoms with E-state index < -0.39 is 5.97 Å². The highest BCUT2D eigenvalue weighted by molar-refractivity contribution is 5.88. The van der Waals surface area contributed by atoms with Gasteiger partial charge in [-0.15, -0.1) is 0 Å². The Morgan fingerprint density at radius 1 is 1.30 bits per heavy atom. The van der Waals surface area contributed by atoms with Crippen molar-refractivity contribution in [1.29, 1.82) is 0 Å². The van der Waals surface area contributed by atoms with Crippen molar-refractivity contribution in [2.24, 2.45) is 0 Å². The van der Waals surface area contributed by atoms with E-state index in [1.54, 1.807) is 12.1 Å². The number of nitrogens with zero attached hydrogens (tertiary/aromatic N) is 1. The molecule has 20 heavy (non-hydrogen) atoms. The Morgan fingerprint density at radius 2 is 2.15 bits per heavy atom. The SMILES string of the molecule is O=C(O)c1cccc(OCCN2CCCCCC2=O)c1. The van der Waals surface area contributed by atoms with Crippen molar-refractivity contribution in [3.8, 4) is 5.75 Å². The molecular weight excluding hydrogens is 258 g/mol. The maximum absolute atomic E-state index is 11.8. The van der Waals surface area contributed by atoms with Gasteiger partial charge in [0.2, 0.25) is 5.91 Å². The number of carboxylic acids is 1. The molecule has 0 aromatic heterocycles. The summed E-state index contributed by atoms with van der Waals surface area (Å²) in [7, 11) is 0. The van der Waals surface area contributed by atoms with Crippen LogP contribution in [-0.2, 0) is 4.79 Å². The van der Waals surface area contributed by atoms with Crippen LogP contribution in [0, 0.1) is 0 Å². The number of rotatable bonds is 5. The van der Waals surface area contributed by atoms with E-state index >= 15 is 0 Å². The monoisotopic (exact) mass is 277 g/mol. The number of ether oxygens (including phenoxy) is 1. The Bertz CT molecular complexity index is 487. The molecule has 1 fully saturated rings. The third kappa shape index (κ3) is 3.98.